The fourth-order valence-electron chi connectivity index (χ4n) is 2.36. The molecule has 20 heavy (non-hydrogen) atoms. The third-order valence-corrected chi connectivity index (χ3v) is 3.67. The molecular weight excluding hydrogens is 244 g/mol. The highest BCUT2D eigenvalue weighted by Gasteiger charge is 1.90. The summed E-state index contributed by atoms with van der Waals surface area (Å²) in [6.45, 7) is 3.24. The first-order chi connectivity index (χ1) is 9.91. The van der Waals surface area contributed by atoms with Crippen LogP contribution in [0.1, 0.15) is 90.4 Å². The summed E-state index contributed by atoms with van der Waals surface area (Å²) in [4.78, 5) is 0. The molecule has 0 heterocycles. The quantitative estimate of drug-likeness (QED) is 0.171. The third kappa shape index (κ3) is 17.7. The molecule has 0 spiro atoms. The molecule has 0 aromatic rings. The summed E-state index contributed by atoms with van der Waals surface area (Å²) in [7, 11) is 5.12. The van der Waals surface area contributed by atoms with Crippen molar-refractivity contribution in [1.82, 2.24) is 10.9 Å². The Bertz CT molecular complexity index is 190. The second-order valence-electron chi connectivity index (χ2n) is 5.66. The van der Waals surface area contributed by atoms with Crippen molar-refractivity contribution in [3.8, 4) is 0 Å². The molecule has 0 unspecified atom stereocenters. The largest absolute Gasteiger partial charge is 0.257 e. The molecule has 0 aromatic carbocycles. The first-order valence-electron chi connectivity index (χ1n) is 8.75. The predicted molar refractivity (Wildman–Crippen MR) is 90.3 cm³/mol. The lowest BCUT2D eigenvalue weighted by molar-refractivity contribution is 0.550. The predicted octanol–water partition coefficient (Wildman–Crippen LogP) is 5.40. The monoisotopic (exact) mass is 280 g/mol. The summed E-state index contributed by atoms with van der Waals surface area (Å²) < 4.78 is 0. The van der Waals surface area contributed by atoms with Crippen LogP contribution in [0, 0.1) is 7.05 Å². The Morgan fingerprint density at radius 3 is 1.75 bits per heavy atom. The SMILES string of the molecule is [CH]NNCCCCCCC/C=C\CCCCCCCC. The first-order valence-corrected chi connectivity index (χ1v) is 8.75. The molecule has 2 heteroatoms. The highest BCUT2D eigenvalue weighted by molar-refractivity contribution is 4.81. The van der Waals surface area contributed by atoms with E-state index in [1.54, 1.807) is 0 Å². The van der Waals surface area contributed by atoms with Crippen LogP contribution < -0.4 is 10.9 Å². The summed E-state index contributed by atoms with van der Waals surface area (Å²) in [5.41, 5.74) is 5.37. The van der Waals surface area contributed by atoms with Gasteiger partial charge in [0.15, 0.2) is 0 Å². The van der Waals surface area contributed by atoms with Gasteiger partial charge in [-0.25, -0.2) is 0 Å². The Morgan fingerprint density at radius 1 is 0.700 bits per heavy atom. The molecule has 0 rings (SSSR count). The molecule has 0 amide bonds. The van der Waals surface area contributed by atoms with Crippen molar-refractivity contribution in [2.45, 2.75) is 90.4 Å². The van der Waals surface area contributed by atoms with E-state index in [1.165, 1.54) is 83.5 Å². The average Bonchev–Trinajstić information content (AvgIpc) is 2.47. The van der Waals surface area contributed by atoms with Gasteiger partial charge in [-0.15, -0.1) is 0 Å². The van der Waals surface area contributed by atoms with Gasteiger partial charge in [-0.3, -0.25) is 10.9 Å². The average molecular weight is 280 g/mol. The number of unbranched alkanes of at least 4 members (excludes halogenated alkanes) is 11. The second-order valence-corrected chi connectivity index (χ2v) is 5.66. The van der Waals surface area contributed by atoms with E-state index in [9.17, 15) is 0 Å². The van der Waals surface area contributed by atoms with Crippen molar-refractivity contribution in [3.63, 3.8) is 0 Å². The highest BCUT2D eigenvalue weighted by Crippen LogP contribution is 2.09. The maximum absolute atomic E-state index is 5.12. The maximum Gasteiger partial charge on any atom is 0.0579 e. The zero-order valence-corrected chi connectivity index (χ0v) is 13.6. The molecule has 0 atom stereocenters. The lowest BCUT2D eigenvalue weighted by Gasteiger charge is -2.01. The molecule has 2 radical (unpaired) electrons. The smallest absolute Gasteiger partial charge is 0.0579 e. The van der Waals surface area contributed by atoms with Gasteiger partial charge in [0.25, 0.3) is 0 Å². The minimum Gasteiger partial charge on any atom is -0.257 e. The molecule has 0 aliphatic rings. The van der Waals surface area contributed by atoms with Crippen molar-refractivity contribution in [2.24, 2.45) is 0 Å². The van der Waals surface area contributed by atoms with Crippen LogP contribution in [-0.4, -0.2) is 6.54 Å². The van der Waals surface area contributed by atoms with Gasteiger partial charge < -0.3 is 0 Å². The van der Waals surface area contributed by atoms with E-state index in [-0.39, 0.29) is 0 Å². The van der Waals surface area contributed by atoms with Gasteiger partial charge >= 0.3 is 0 Å². The summed E-state index contributed by atoms with van der Waals surface area (Å²) >= 11 is 0. The Morgan fingerprint density at radius 2 is 1.20 bits per heavy atom. The minimum absolute atomic E-state index is 0.967. The van der Waals surface area contributed by atoms with E-state index >= 15 is 0 Å². The fourth-order valence-corrected chi connectivity index (χ4v) is 2.36. The van der Waals surface area contributed by atoms with E-state index in [4.69, 9.17) is 7.05 Å². The van der Waals surface area contributed by atoms with Gasteiger partial charge in [0.1, 0.15) is 0 Å². The van der Waals surface area contributed by atoms with Crippen LogP contribution in [0.4, 0.5) is 0 Å². The highest BCUT2D eigenvalue weighted by atomic mass is 15.3. The molecule has 0 aliphatic heterocycles. The third-order valence-electron chi connectivity index (χ3n) is 3.67. The molecule has 118 valence electrons. The molecule has 2 nitrogen and oxygen atoms in total. The molecule has 0 bridgehead atoms. The number of nitrogens with one attached hydrogen (secondary N) is 2. The van der Waals surface area contributed by atoms with E-state index < -0.39 is 0 Å². The normalized spacial score (nSPS) is 11.5. The fraction of sp³-hybridized carbons (Fsp3) is 0.833. The van der Waals surface area contributed by atoms with Crippen molar-refractivity contribution >= 4 is 0 Å². The Balaban J connectivity index is 3.01. The Labute approximate surface area is 127 Å². The van der Waals surface area contributed by atoms with Crippen LogP contribution in [0.5, 0.6) is 0 Å². The maximum atomic E-state index is 5.12. The van der Waals surface area contributed by atoms with Crippen LogP contribution in [0.2, 0.25) is 0 Å². The van der Waals surface area contributed by atoms with E-state index in [2.05, 4.69) is 29.9 Å². The number of hydrazine groups is 1. The lowest BCUT2D eigenvalue weighted by atomic mass is 10.1. The topological polar surface area (TPSA) is 24.1 Å². The van der Waals surface area contributed by atoms with Crippen LogP contribution in [-0.2, 0) is 0 Å². The van der Waals surface area contributed by atoms with E-state index in [1.807, 2.05) is 0 Å². The van der Waals surface area contributed by atoms with Crippen LogP contribution >= 0.6 is 0 Å². The minimum atomic E-state index is 0.967. The van der Waals surface area contributed by atoms with Crippen molar-refractivity contribution in [1.29, 1.82) is 0 Å². The molecule has 0 saturated heterocycles. The molecule has 0 saturated carbocycles. The van der Waals surface area contributed by atoms with Gasteiger partial charge in [0, 0.05) is 6.54 Å². The van der Waals surface area contributed by atoms with Gasteiger partial charge in [0.05, 0.1) is 7.05 Å². The number of hydrogen-bond acceptors (Lipinski definition) is 2. The summed E-state index contributed by atoms with van der Waals surface area (Å²) in [6, 6.07) is 0. The van der Waals surface area contributed by atoms with Gasteiger partial charge in [-0.2, -0.15) is 0 Å². The van der Waals surface area contributed by atoms with Gasteiger partial charge in [0.2, 0.25) is 0 Å². The van der Waals surface area contributed by atoms with Crippen molar-refractivity contribution < 1.29 is 0 Å². The summed E-state index contributed by atoms with van der Waals surface area (Å²) in [6.07, 6.45) is 22.3. The second kappa shape index (κ2) is 18.7. The Kier molecular flexibility index (Phi) is 18.3. The molecular formula is C18H36N2. The first kappa shape index (κ1) is 19.7. The number of hydrogen-bond donors (Lipinski definition) is 2. The number of allylic oxidation sites excluding steroid dienone is 2. The zero-order chi connectivity index (χ0) is 14.7. The lowest BCUT2D eigenvalue weighted by Crippen LogP contribution is -2.26. The molecule has 0 aliphatic carbocycles. The van der Waals surface area contributed by atoms with E-state index in [0.717, 1.165) is 6.54 Å². The molecule has 0 aromatic heterocycles. The molecule has 0 fully saturated rings. The van der Waals surface area contributed by atoms with Crippen LogP contribution in [0.25, 0.3) is 0 Å². The number of rotatable bonds is 16. The van der Waals surface area contributed by atoms with Crippen molar-refractivity contribution in [3.05, 3.63) is 19.2 Å². The van der Waals surface area contributed by atoms with Gasteiger partial charge in [-0.05, 0) is 32.1 Å². The van der Waals surface area contributed by atoms with Crippen LogP contribution in [0.3, 0.4) is 0 Å². The standard InChI is InChI=1S/C18H36N2/c1-3-4-5-6-7-8-9-10-11-12-13-14-15-16-17-18-20-19-2/h2,10-11,19-20H,3-9,12-18H2,1H3/b11-10-. The molecule has 2 N–H and O–H groups in total. The van der Waals surface area contributed by atoms with E-state index in [0.29, 0.717) is 0 Å². The Hall–Kier alpha value is -0.340. The van der Waals surface area contributed by atoms with Gasteiger partial charge in [-0.1, -0.05) is 70.4 Å². The van der Waals surface area contributed by atoms with Crippen LogP contribution in [0.15, 0.2) is 12.2 Å². The summed E-state index contributed by atoms with van der Waals surface area (Å²) in [5, 5.41) is 0. The zero-order valence-electron chi connectivity index (χ0n) is 13.6. The van der Waals surface area contributed by atoms with Crippen molar-refractivity contribution in [2.75, 3.05) is 6.54 Å². The summed E-state index contributed by atoms with van der Waals surface area (Å²) in [5.74, 6) is 0.